The van der Waals surface area contributed by atoms with Crippen molar-refractivity contribution in [3.05, 3.63) is 12.7 Å². The summed E-state index contributed by atoms with van der Waals surface area (Å²) in [6.07, 6.45) is 1.76. The molecule has 0 spiro atoms. The number of carbonyl (C=O) groups is 1. The van der Waals surface area contributed by atoms with Crippen LogP contribution in [0.3, 0.4) is 0 Å². The maximum absolute atomic E-state index is 11.3. The van der Waals surface area contributed by atoms with Crippen LogP contribution in [0.2, 0.25) is 0 Å². The van der Waals surface area contributed by atoms with Crippen molar-refractivity contribution in [3.63, 3.8) is 0 Å². The third kappa shape index (κ3) is 6.74. The second-order valence-electron chi connectivity index (χ2n) is 2.93. The zero-order chi connectivity index (χ0) is 12.6. The second kappa shape index (κ2) is 7.57. The molecule has 0 aliphatic carbocycles. The van der Waals surface area contributed by atoms with Gasteiger partial charge in [-0.15, -0.1) is 0 Å². The highest BCUT2D eigenvalue weighted by Crippen LogP contribution is 2.45. The van der Waals surface area contributed by atoms with Gasteiger partial charge in [0.25, 0.3) is 0 Å². The Morgan fingerprint density at radius 3 is 2.50 bits per heavy atom. The molecule has 1 atom stereocenters. The minimum Gasteiger partial charge on any atom is -0.435 e. The van der Waals surface area contributed by atoms with Crippen molar-refractivity contribution in [1.82, 2.24) is 0 Å². The second-order valence-corrected chi connectivity index (χ2v) is 4.33. The lowest BCUT2D eigenvalue weighted by molar-refractivity contribution is -0.145. The molecule has 0 aromatic heterocycles. The Kier molecular flexibility index (Phi) is 7.25. The van der Waals surface area contributed by atoms with E-state index in [2.05, 4.69) is 15.8 Å². The van der Waals surface area contributed by atoms with Crippen molar-refractivity contribution in [2.75, 3.05) is 6.79 Å². The predicted octanol–water partition coefficient (Wildman–Crippen LogP) is 2.00. The van der Waals surface area contributed by atoms with E-state index in [9.17, 15) is 14.3 Å². The van der Waals surface area contributed by atoms with Gasteiger partial charge in [-0.2, -0.15) is 0 Å². The Labute approximate surface area is 94.8 Å². The highest BCUT2D eigenvalue weighted by Gasteiger charge is 2.25. The Bertz CT molecular complexity index is 273. The topological polar surface area (TPSA) is 82.1 Å². The van der Waals surface area contributed by atoms with Crippen LogP contribution < -0.4 is 0 Å². The number of phosphoric ester groups is 1. The van der Waals surface area contributed by atoms with Gasteiger partial charge in [-0.25, -0.2) is 13.9 Å². The van der Waals surface area contributed by atoms with Crippen molar-refractivity contribution < 1.29 is 28.0 Å². The van der Waals surface area contributed by atoms with E-state index < -0.39 is 20.6 Å². The molecule has 0 aromatic rings. The van der Waals surface area contributed by atoms with Crippen LogP contribution in [0.25, 0.3) is 0 Å². The van der Waals surface area contributed by atoms with Crippen LogP contribution in [0.15, 0.2) is 12.7 Å². The zero-order valence-corrected chi connectivity index (χ0v) is 10.3. The van der Waals surface area contributed by atoms with Crippen LogP contribution in [-0.2, 0) is 23.1 Å². The maximum Gasteiger partial charge on any atom is 0.475 e. The van der Waals surface area contributed by atoms with E-state index in [0.29, 0.717) is 12.8 Å². The fourth-order valence-corrected chi connectivity index (χ4v) is 1.79. The van der Waals surface area contributed by atoms with E-state index in [1.165, 1.54) is 0 Å². The van der Waals surface area contributed by atoms with Crippen LogP contribution in [0.1, 0.15) is 26.7 Å². The molecule has 1 unspecified atom stereocenters. The number of phosphoric acid groups is 1. The van der Waals surface area contributed by atoms with Gasteiger partial charge in [0.1, 0.15) is 0 Å². The fraction of sp³-hybridized carbons (Fsp3) is 0.667. The van der Waals surface area contributed by atoms with Crippen molar-refractivity contribution in [2.24, 2.45) is 0 Å². The van der Waals surface area contributed by atoms with Crippen LogP contribution in [0.5, 0.6) is 0 Å². The van der Waals surface area contributed by atoms with Gasteiger partial charge in [-0.1, -0.05) is 20.4 Å². The van der Waals surface area contributed by atoms with Gasteiger partial charge in [0, 0.05) is 6.08 Å². The molecule has 0 bridgehead atoms. The van der Waals surface area contributed by atoms with Crippen molar-refractivity contribution in [1.29, 1.82) is 0 Å². The summed E-state index contributed by atoms with van der Waals surface area (Å²) >= 11 is 0. The number of hydrogen-bond acceptors (Lipinski definition) is 5. The molecule has 0 aliphatic rings. The Hall–Kier alpha value is -0.680. The van der Waals surface area contributed by atoms with Crippen LogP contribution in [0, 0.1) is 0 Å². The minimum absolute atomic E-state index is 0.356. The van der Waals surface area contributed by atoms with Gasteiger partial charge < -0.3 is 9.63 Å². The minimum atomic E-state index is -4.16. The van der Waals surface area contributed by atoms with Gasteiger partial charge >= 0.3 is 13.8 Å². The van der Waals surface area contributed by atoms with Gasteiger partial charge in [0.05, 0.1) is 6.10 Å². The third-order valence-electron chi connectivity index (χ3n) is 1.78. The first-order chi connectivity index (χ1) is 7.45. The predicted molar refractivity (Wildman–Crippen MR) is 57.5 cm³/mol. The van der Waals surface area contributed by atoms with Crippen LogP contribution in [-0.4, -0.2) is 23.8 Å². The fourth-order valence-electron chi connectivity index (χ4n) is 0.867. The first-order valence-electron chi connectivity index (χ1n) is 4.90. The molecular formula is C9H17O6P. The molecule has 0 aromatic carbocycles. The van der Waals surface area contributed by atoms with Gasteiger partial charge in [0.2, 0.25) is 6.79 Å². The van der Waals surface area contributed by atoms with E-state index in [4.69, 9.17) is 4.52 Å². The lowest BCUT2D eigenvalue weighted by Crippen LogP contribution is -2.11. The van der Waals surface area contributed by atoms with E-state index >= 15 is 0 Å². The summed E-state index contributed by atoms with van der Waals surface area (Å²) < 4.78 is 24.9. The number of ether oxygens (including phenoxy) is 1. The lowest BCUT2D eigenvalue weighted by atomic mass is 10.2. The molecule has 0 radical (unpaired) electrons. The van der Waals surface area contributed by atoms with Crippen molar-refractivity contribution in [3.8, 4) is 0 Å². The number of esters is 1. The summed E-state index contributed by atoms with van der Waals surface area (Å²) in [7, 11) is -4.16. The summed E-state index contributed by atoms with van der Waals surface area (Å²) in [6, 6.07) is 0. The van der Waals surface area contributed by atoms with E-state index in [1.807, 2.05) is 13.8 Å². The summed E-state index contributed by atoms with van der Waals surface area (Å²) in [4.78, 5) is 19.8. The molecule has 0 saturated carbocycles. The summed E-state index contributed by atoms with van der Waals surface area (Å²) in [5.74, 6) is -0.734. The van der Waals surface area contributed by atoms with Crippen molar-refractivity contribution >= 4 is 13.8 Å². The monoisotopic (exact) mass is 252 g/mol. The van der Waals surface area contributed by atoms with Gasteiger partial charge in [-0.3, -0.25) is 4.52 Å². The lowest BCUT2D eigenvalue weighted by Gasteiger charge is -2.17. The standard InChI is InChI=1S/C9H17O6P/c1-4-8(5-2)15-16(11,12)14-7-13-9(10)6-3/h6,8H,3-5,7H2,1-2H3,(H,11,12). The van der Waals surface area contributed by atoms with Crippen LogP contribution >= 0.6 is 7.82 Å². The first kappa shape index (κ1) is 15.3. The molecule has 16 heavy (non-hydrogen) atoms. The highest BCUT2D eigenvalue weighted by atomic mass is 31.2. The van der Waals surface area contributed by atoms with Gasteiger partial charge in [-0.05, 0) is 12.8 Å². The Morgan fingerprint density at radius 2 is 2.06 bits per heavy atom. The molecule has 0 saturated heterocycles. The number of carbonyl (C=O) groups excluding carboxylic acids is 1. The molecule has 0 heterocycles. The zero-order valence-electron chi connectivity index (χ0n) is 9.42. The van der Waals surface area contributed by atoms with E-state index in [-0.39, 0.29) is 6.10 Å². The molecule has 94 valence electrons. The molecule has 1 N–H and O–H groups in total. The summed E-state index contributed by atoms with van der Waals surface area (Å²) in [6.45, 7) is 6.17. The molecule has 6 nitrogen and oxygen atoms in total. The van der Waals surface area contributed by atoms with E-state index in [1.54, 1.807) is 0 Å². The maximum atomic E-state index is 11.3. The number of hydrogen-bond donors (Lipinski definition) is 1. The molecule has 0 fully saturated rings. The van der Waals surface area contributed by atoms with Crippen LogP contribution in [0.4, 0.5) is 0 Å². The Balaban J connectivity index is 3.99. The quantitative estimate of drug-likeness (QED) is 0.308. The summed E-state index contributed by atoms with van der Waals surface area (Å²) in [5, 5.41) is 0. The largest absolute Gasteiger partial charge is 0.475 e. The Morgan fingerprint density at radius 1 is 1.50 bits per heavy atom. The first-order valence-corrected chi connectivity index (χ1v) is 6.39. The average Bonchev–Trinajstić information content (AvgIpc) is 2.25. The van der Waals surface area contributed by atoms with Gasteiger partial charge in [0.15, 0.2) is 0 Å². The highest BCUT2D eigenvalue weighted by molar-refractivity contribution is 7.47. The average molecular weight is 252 g/mol. The molecule has 0 amide bonds. The normalized spacial score (nSPS) is 14.5. The third-order valence-corrected chi connectivity index (χ3v) is 2.77. The van der Waals surface area contributed by atoms with Crippen molar-refractivity contribution in [2.45, 2.75) is 32.8 Å². The molecular weight excluding hydrogens is 235 g/mol. The molecule has 0 aliphatic heterocycles. The number of rotatable bonds is 8. The molecule has 0 rings (SSSR count). The smallest absolute Gasteiger partial charge is 0.435 e. The van der Waals surface area contributed by atoms with E-state index in [0.717, 1.165) is 6.08 Å². The SMILES string of the molecule is C=CC(=O)OCOP(=O)(O)OC(CC)CC. The summed E-state index contributed by atoms with van der Waals surface area (Å²) in [5.41, 5.74) is 0. The molecule has 7 heteroatoms.